The summed E-state index contributed by atoms with van der Waals surface area (Å²) >= 11 is 0. The molecule has 2 atom stereocenters. The van der Waals surface area contributed by atoms with E-state index in [4.69, 9.17) is 18.9 Å². The Hall–Kier alpha value is -2.97. The van der Waals surface area contributed by atoms with Crippen molar-refractivity contribution in [3.8, 4) is 11.5 Å². The van der Waals surface area contributed by atoms with Crippen molar-refractivity contribution in [3.05, 3.63) is 17.7 Å². The predicted octanol–water partition coefficient (Wildman–Crippen LogP) is 2.15. The van der Waals surface area contributed by atoms with Crippen LogP contribution in [0.4, 0.5) is 10.5 Å². The van der Waals surface area contributed by atoms with Crippen LogP contribution in [0.5, 0.6) is 11.5 Å². The number of alkyl carbamates (subject to hydrolysis) is 1. The number of nitrogens with zero attached hydrogens (tertiary/aromatic N) is 1. The van der Waals surface area contributed by atoms with E-state index in [1.54, 1.807) is 39.8 Å². The summed E-state index contributed by atoms with van der Waals surface area (Å²) in [5.74, 6) is 0.126. The molecule has 1 unspecified atom stereocenters. The maximum absolute atomic E-state index is 13.3. The quantitative estimate of drug-likeness (QED) is 0.764. The van der Waals surface area contributed by atoms with Gasteiger partial charge in [0.1, 0.15) is 17.7 Å². The summed E-state index contributed by atoms with van der Waals surface area (Å²) in [5.41, 5.74) is 0.549. The molecule has 158 valence electrons. The standard InChI is InChI=1S/C20H26N2O7/c1-6-12(21-19(25)29-20(2,3)4)17(23)22-13-7-8-15-16(28-10-27-15)11(13)9-14(22)18(24)26-5/h7-8,12,14H,6,9-10H2,1-5H3,(H,21,25)/t12-,14?/m0/s1. The molecule has 0 saturated heterocycles. The van der Waals surface area contributed by atoms with Gasteiger partial charge in [-0.1, -0.05) is 6.92 Å². The molecule has 29 heavy (non-hydrogen) atoms. The third-order valence-corrected chi connectivity index (χ3v) is 4.69. The lowest BCUT2D eigenvalue weighted by Gasteiger charge is -2.29. The molecule has 2 aliphatic rings. The van der Waals surface area contributed by atoms with Crippen LogP contribution in [0.1, 0.15) is 39.7 Å². The summed E-state index contributed by atoms with van der Waals surface area (Å²) in [6, 6.07) is 1.69. The van der Waals surface area contributed by atoms with Crippen molar-refractivity contribution in [1.29, 1.82) is 0 Å². The van der Waals surface area contributed by atoms with E-state index in [1.807, 2.05) is 0 Å². The Morgan fingerprint density at radius 2 is 2.00 bits per heavy atom. The zero-order chi connectivity index (χ0) is 21.3. The summed E-state index contributed by atoms with van der Waals surface area (Å²) in [6.07, 6.45) is -0.136. The Morgan fingerprint density at radius 3 is 2.62 bits per heavy atom. The van der Waals surface area contributed by atoms with Crippen LogP contribution in [0, 0.1) is 0 Å². The van der Waals surface area contributed by atoms with Crippen LogP contribution in [0.25, 0.3) is 0 Å². The summed E-state index contributed by atoms with van der Waals surface area (Å²) in [4.78, 5) is 39.3. The molecule has 0 aliphatic carbocycles. The van der Waals surface area contributed by atoms with Gasteiger partial charge in [-0.25, -0.2) is 9.59 Å². The lowest BCUT2D eigenvalue weighted by molar-refractivity contribution is -0.143. The molecule has 0 fully saturated rings. The first-order valence-electron chi connectivity index (χ1n) is 9.48. The summed E-state index contributed by atoms with van der Waals surface area (Å²) in [5, 5.41) is 2.60. The van der Waals surface area contributed by atoms with Crippen LogP contribution in [0.15, 0.2) is 12.1 Å². The molecule has 0 aromatic heterocycles. The number of hydrogen-bond donors (Lipinski definition) is 1. The van der Waals surface area contributed by atoms with Crippen LogP contribution in [0.3, 0.4) is 0 Å². The number of benzene rings is 1. The Morgan fingerprint density at radius 1 is 1.28 bits per heavy atom. The van der Waals surface area contributed by atoms with Crippen molar-refractivity contribution in [3.63, 3.8) is 0 Å². The molecule has 0 spiro atoms. The molecule has 3 rings (SSSR count). The number of nitrogens with one attached hydrogen (secondary N) is 1. The lowest BCUT2D eigenvalue weighted by atomic mass is 10.1. The summed E-state index contributed by atoms with van der Waals surface area (Å²) < 4.78 is 21.1. The van der Waals surface area contributed by atoms with Crippen LogP contribution in [-0.2, 0) is 25.5 Å². The molecule has 2 aliphatic heterocycles. The van der Waals surface area contributed by atoms with E-state index < -0.39 is 35.7 Å². The monoisotopic (exact) mass is 406 g/mol. The molecular weight excluding hydrogens is 380 g/mol. The molecule has 1 aromatic carbocycles. The first kappa shape index (κ1) is 20.8. The highest BCUT2D eigenvalue weighted by Crippen LogP contribution is 2.46. The Kier molecular flexibility index (Phi) is 5.59. The highest BCUT2D eigenvalue weighted by molar-refractivity contribution is 6.06. The summed E-state index contributed by atoms with van der Waals surface area (Å²) in [7, 11) is 1.27. The van der Waals surface area contributed by atoms with E-state index in [0.717, 1.165) is 0 Å². The van der Waals surface area contributed by atoms with Gasteiger partial charge >= 0.3 is 12.1 Å². The van der Waals surface area contributed by atoms with Gasteiger partial charge in [0, 0.05) is 12.0 Å². The second-order valence-electron chi connectivity index (χ2n) is 7.86. The zero-order valence-corrected chi connectivity index (χ0v) is 17.2. The van der Waals surface area contributed by atoms with Gasteiger partial charge in [-0.3, -0.25) is 9.69 Å². The van der Waals surface area contributed by atoms with Crippen molar-refractivity contribution in [2.45, 2.75) is 58.2 Å². The number of carbonyl (C=O) groups is 3. The molecule has 9 nitrogen and oxygen atoms in total. The average Bonchev–Trinajstić information content (AvgIpc) is 3.27. The fourth-order valence-electron chi connectivity index (χ4n) is 3.45. The highest BCUT2D eigenvalue weighted by atomic mass is 16.7. The second kappa shape index (κ2) is 7.81. The molecule has 2 heterocycles. The topological polar surface area (TPSA) is 103 Å². The van der Waals surface area contributed by atoms with Crippen molar-refractivity contribution < 1.29 is 33.3 Å². The van der Waals surface area contributed by atoms with Crippen LogP contribution >= 0.6 is 0 Å². The van der Waals surface area contributed by atoms with Gasteiger partial charge in [-0.2, -0.15) is 0 Å². The van der Waals surface area contributed by atoms with E-state index in [2.05, 4.69) is 5.32 Å². The minimum atomic E-state index is -0.867. The van der Waals surface area contributed by atoms with Gasteiger partial charge in [0.05, 0.1) is 12.8 Å². The van der Waals surface area contributed by atoms with E-state index in [9.17, 15) is 14.4 Å². The molecule has 0 bridgehead atoms. The van der Waals surface area contributed by atoms with E-state index in [-0.39, 0.29) is 13.2 Å². The van der Waals surface area contributed by atoms with Gasteiger partial charge in [-0.15, -0.1) is 0 Å². The van der Waals surface area contributed by atoms with Crippen LogP contribution < -0.4 is 19.7 Å². The van der Waals surface area contributed by atoms with Crippen LogP contribution in [-0.4, -0.2) is 49.6 Å². The Labute approximate surface area is 169 Å². The first-order chi connectivity index (χ1) is 13.7. The SMILES string of the molecule is CC[C@H](NC(=O)OC(C)(C)C)C(=O)N1c2ccc3c(c2CC1C(=O)OC)OCO3. The third-order valence-electron chi connectivity index (χ3n) is 4.69. The Bertz CT molecular complexity index is 831. The largest absolute Gasteiger partial charge is 0.467 e. The second-order valence-corrected chi connectivity index (χ2v) is 7.86. The highest BCUT2D eigenvalue weighted by Gasteiger charge is 2.44. The van der Waals surface area contributed by atoms with Crippen molar-refractivity contribution >= 4 is 23.7 Å². The number of hydrogen-bond acceptors (Lipinski definition) is 7. The molecule has 2 amide bonds. The molecule has 9 heteroatoms. The molecular formula is C20H26N2O7. The predicted molar refractivity (Wildman–Crippen MR) is 103 cm³/mol. The smallest absolute Gasteiger partial charge is 0.408 e. The number of methoxy groups -OCH3 is 1. The number of esters is 1. The number of anilines is 1. The molecule has 0 radical (unpaired) electrons. The van der Waals surface area contributed by atoms with E-state index in [1.165, 1.54) is 12.0 Å². The van der Waals surface area contributed by atoms with Crippen molar-refractivity contribution in [1.82, 2.24) is 5.32 Å². The van der Waals surface area contributed by atoms with Gasteiger partial charge < -0.3 is 24.3 Å². The minimum absolute atomic E-state index is 0.0837. The maximum atomic E-state index is 13.3. The number of amides is 2. The number of rotatable bonds is 4. The fraction of sp³-hybridized carbons (Fsp3) is 0.550. The number of carbonyl (C=O) groups excluding carboxylic acids is 3. The van der Waals surface area contributed by atoms with E-state index >= 15 is 0 Å². The van der Waals surface area contributed by atoms with Gasteiger partial charge in [0.15, 0.2) is 11.5 Å². The minimum Gasteiger partial charge on any atom is -0.467 e. The molecule has 0 saturated carbocycles. The number of ether oxygens (including phenoxy) is 4. The third kappa shape index (κ3) is 4.08. The average molecular weight is 406 g/mol. The lowest BCUT2D eigenvalue weighted by Crippen LogP contribution is -2.53. The molecule has 1 N–H and O–H groups in total. The fourth-order valence-corrected chi connectivity index (χ4v) is 3.45. The maximum Gasteiger partial charge on any atom is 0.408 e. The molecule has 1 aromatic rings. The van der Waals surface area contributed by atoms with Crippen molar-refractivity contribution in [2.75, 3.05) is 18.8 Å². The van der Waals surface area contributed by atoms with Gasteiger partial charge in [0.25, 0.3) is 5.91 Å². The number of fused-ring (bicyclic) bond motifs is 3. The normalized spacial score (nSPS) is 18.1. The Balaban J connectivity index is 1.90. The first-order valence-corrected chi connectivity index (χ1v) is 9.48. The van der Waals surface area contributed by atoms with E-state index in [0.29, 0.717) is 29.2 Å². The summed E-state index contributed by atoms with van der Waals surface area (Å²) in [6.45, 7) is 7.07. The van der Waals surface area contributed by atoms with Gasteiger partial charge in [-0.05, 0) is 39.3 Å². The van der Waals surface area contributed by atoms with Crippen molar-refractivity contribution in [2.24, 2.45) is 0 Å². The zero-order valence-electron chi connectivity index (χ0n) is 17.2. The van der Waals surface area contributed by atoms with Gasteiger partial charge in [0.2, 0.25) is 6.79 Å². The van der Waals surface area contributed by atoms with Crippen LogP contribution in [0.2, 0.25) is 0 Å².